The van der Waals surface area contributed by atoms with Crippen molar-refractivity contribution < 1.29 is 24.2 Å². The second kappa shape index (κ2) is 5.26. The molecule has 1 aromatic rings. The van der Waals surface area contributed by atoms with Crippen LogP contribution in [0.3, 0.4) is 0 Å². The summed E-state index contributed by atoms with van der Waals surface area (Å²) in [7, 11) is 0. The molecule has 2 rings (SSSR count). The van der Waals surface area contributed by atoms with E-state index in [-0.39, 0.29) is 18.5 Å². The molecule has 1 heterocycles. The van der Waals surface area contributed by atoms with Crippen molar-refractivity contribution in [3.05, 3.63) is 34.1 Å². The van der Waals surface area contributed by atoms with Gasteiger partial charge in [-0.05, 0) is 18.2 Å². The lowest BCUT2D eigenvalue weighted by Gasteiger charge is -2.21. The van der Waals surface area contributed by atoms with Gasteiger partial charge in [0.25, 0.3) is 5.91 Å². The fourth-order valence-electron chi connectivity index (χ4n) is 2.09. The first-order valence-electron chi connectivity index (χ1n) is 5.57. The van der Waals surface area contributed by atoms with Gasteiger partial charge in [-0.1, -0.05) is 15.9 Å². The first-order chi connectivity index (χ1) is 8.90. The maximum atomic E-state index is 13.7. The van der Waals surface area contributed by atoms with Gasteiger partial charge in [-0.2, -0.15) is 0 Å². The molecule has 19 heavy (non-hydrogen) atoms. The minimum Gasteiger partial charge on any atom is -0.480 e. The fraction of sp³-hybridized carbons (Fsp3) is 0.333. The van der Waals surface area contributed by atoms with Gasteiger partial charge in [0.05, 0.1) is 11.7 Å². The number of carbonyl (C=O) groups is 2. The van der Waals surface area contributed by atoms with Crippen LogP contribution >= 0.6 is 15.9 Å². The molecule has 1 aliphatic heterocycles. The summed E-state index contributed by atoms with van der Waals surface area (Å²) >= 11 is 3.07. The number of aliphatic carboxylic acids is 1. The summed E-state index contributed by atoms with van der Waals surface area (Å²) in [6.45, 7) is -0.106. The van der Waals surface area contributed by atoms with E-state index in [1.165, 1.54) is 12.1 Å². The van der Waals surface area contributed by atoms with Crippen LogP contribution in [0.2, 0.25) is 0 Å². The van der Waals surface area contributed by atoms with Crippen molar-refractivity contribution in [3.63, 3.8) is 0 Å². The van der Waals surface area contributed by atoms with E-state index in [4.69, 9.17) is 5.11 Å². The summed E-state index contributed by atoms with van der Waals surface area (Å²) < 4.78 is 14.2. The number of halogens is 2. The quantitative estimate of drug-likeness (QED) is 0.854. The molecule has 2 atom stereocenters. The number of likely N-dealkylation sites (tertiary alicyclic amines) is 1. The summed E-state index contributed by atoms with van der Waals surface area (Å²) in [5.41, 5.74) is -0.205. The largest absolute Gasteiger partial charge is 0.480 e. The maximum Gasteiger partial charge on any atom is 0.326 e. The molecule has 0 aromatic heterocycles. The Hall–Kier alpha value is -1.47. The molecule has 1 fully saturated rings. The van der Waals surface area contributed by atoms with Gasteiger partial charge < -0.3 is 15.1 Å². The highest BCUT2D eigenvalue weighted by Crippen LogP contribution is 2.23. The number of aliphatic hydroxyl groups excluding tert-OH is 1. The van der Waals surface area contributed by atoms with Crippen LogP contribution in [0, 0.1) is 5.82 Å². The highest BCUT2D eigenvalue weighted by molar-refractivity contribution is 9.10. The van der Waals surface area contributed by atoms with Crippen molar-refractivity contribution in [3.8, 4) is 0 Å². The number of β-amino-alcohol motifs (C(OH)–C–C–N with tert-alkyl or cyclic N) is 1. The number of aliphatic hydroxyl groups is 1. The molecule has 2 N–H and O–H groups in total. The van der Waals surface area contributed by atoms with Crippen LogP contribution in [-0.4, -0.2) is 45.7 Å². The molecule has 1 aliphatic rings. The number of amides is 1. The Morgan fingerprint density at radius 2 is 2.11 bits per heavy atom. The Kier molecular flexibility index (Phi) is 3.86. The Balaban J connectivity index is 2.30. The molecule has 0 spiro atoms. The van der Waals surface area contributed by atoms with E-state index < -0.39 is 29.8 Å². The minimum absolute atomic E-state index is 0.0424. The third-order valence-electron chi connectivity index (χ3n) is 2.99. The Morgan fingerprint density at radius 1 is 1.42 bits per heavy atom. The van der Waals surface area contributed by atoms with Gasteiger partial charge in [0.2, 0.25) is 0 Å². The van der Waals surface area contributed by atoms with E-state index in [2.05, 4.69) is 15.9 Å². The summed E-state index contributed by atoms with van der Waals surface area (Å²) in [6.07, 6.45) is -0.942. The van der Waals surface area contributed by atoms with Crippen molar-refractivity contribution in [1.82, 2.24) is 4.90 Å². The van der Waals surface area contributed by atoms with Gasteiger partial charge in [0, 0.05) is 17.4 Å². The molecule has 0 radical (unpaired) electrons. The zero-order valence-corrected chi connectivity index (χ0v) is 11.3. The van der Waals surface area contributed by atoms with Crippen molar-refractivity contribution in [2.24, 2.45) is 0 Å². The van der Waals surface area contributed by atoms with Crippen LogP contribution in [-0.2, 0) is 4.79 Å². The smallest absolute Gasteiger partial charge is 0.326 e. The zero-order chi connectivity index (χ0) is 14.2. The Labute approximate surface area is 116 Å². The lowest BCUT2D eigenvalue weighted by atomic mass is 10.1. The second-order valence-electron chi connectivity index (χ2n) is 4.33. The fourth-order valence-corrected chi connectivity index (χ4v) is 2.42. The molecule has 1 amide bonds. The van der Waals surface area contributed by atoms with Gasteiger partial charge in [-0.15, -0.1) is 0 Å². The van der Waals surface area contributed by atoms with E-state index in [1.54, 1.807) is 0 Å². The molecule has 0 saturated carbocycles. The van der Waals surface area contributed by atoms with Crippen LogP contribution in [0.5, 0.6) is 0 Å². The highest BCUT2D eigenvalue weighted by atomic mass is 79.9. The van der Waals surface area contributed by atoms with E-state index in [0.717, 1.165) is 11.0 Å². The third kappa shape index (κ3) is 2.76. The molecule has 0 bridgehead atoms. The second-order valence-corrected chi connectivity index (χ2v) is 5.24. The number of carboxylic acid groups (broad SMARTS) is 1. The predicted molar refractivity (Wildman–Crippen MR) is 67.2 cm³/mol. The SMILES string of the molecule is O=C(O)C1CC(O)CN1C(=O)c1ccc(Br)cc1F. The van der Waals surface area contributed by atoms with Gasteiger partial charge in [0.1, 0.15) is 11.9 Å². The van der Waals surface area contributed by atoms with Gasteiger partial charge in [-0.3, -0.25) is 4.79 Å². The van der Waals surface area contributed by atoms with Crippen LogP contribution in [0.4, 0.5) is 4.39 Å². The van der Waals surface area contributed by atoms with Crippen molar-refractivity contribution in [2.45, 2.75) is 18.6 Å². The number of carbonyl (C=O) groups excluding carboxylic acids is 1. The van der Waals surface area contributed by atoms with Crippen molar-refractivity contribution in [1.29, 1.82) is 0 Å². The maximum absolute atomic E-state index is 13.7. The molecular weight excluding hydrogens is 321 g/mol. The normalized spacial score (nSPS) is 22.6. The van der Waals surface area contributed by atoms with Crippen LogP contribution in [0.25, 0.3) is 0 Å². The molecule has 5 nitrogen and oxygen atoms in total. The van der Waals surface area contributed by atoms with Gasteiger partial charge >= 0.3 is 5.97 Å². The Morgan fingerprint density at radius 3 is 2.68 bits per heavy atom. The van der Waals surface area contributed by atoms with Gasteiger partial charge in [0.15, 0.2) is 0 Å². The zero-order valence-electron chi connectivity index (χ0n) is 9.72. The third-order valence-corrected chi connectivity index (χ3v) is 3.48. The molecule has 7 heteroatoms. The summed E-state index contributed by atoms with van der Waals surface area (Å²) in [4.78, 5) is 24.1. The van der Waals surface area contributed by atoms with E-state index in [9.17, 15) is 19.1 Å². The molecule has 2 unspecified atom stereocenters. The summed E-state index contributed by atoms with van der Waals surface area (Å²) in [5.74, 6) is -2.67. The van der Waals surface area contributed by atoms with Crippen LogP contribution in [0.15, 0.2) is 22.7 Å². The molecule has 1 aromatic carbocycles. The lowest BCUT2D eigenvalue weighted by Crippen LogP contribution is -2.40. The summed E-state index contributed by atoms with van der Waals surface area (Å²) in [5, 5.41) is 18.5. The number of benzene rings is 1. The number of hydrogen-bond donors (Lipinski definition) is 2. The minimum atomic E-state index is -1.21. The molecule has 1 saturated heterocycles. The van der Waals surface area contributed by atoms with Gasteiger partial charge in [-0.25, -0.2) is 9.18 Å². The lowest BCUT2D eigenvalue weighted by molar-refractivity contribution is -0.141. The van der Waals surface area contributed by atoms with Crippen LogP contribution < -0.4 is 0 Å². The number of rotatable bonds is 2. The monoisotopic (exact) mass is 331 g/mol. The first kappa shape index (κ1) is 14.0. The van der Waals surface area contributed by atoms with Crippen molar-refractivity contribution >= 4 is 27.8 Å². The van der Waals surface area contributed by atoms with Crippen LogP contribution in [0.1, 0.15) is 16.8 Å². The summed E-state index contributed by atoms with van der Waals surface area (Å²) in [6, 6.07) is 2.80. The average Bonchev–Trinajstić information content (AvgIpc) is 2.70. The highest BCUT2D eigenvalue weighted by Gasteiger charge is 2.39. The van der Waals surface area contributed by atoms with Crippen molar-refractivity contribution in [2.75, 3.05) is 6.54 Å². The molecular formula is C12H11BrFNO4. The number of hydrogen-bond acceptors (Lipinski definition) is 3. The Bertz CT molecular complexity index is 536. The average molecular weight is 332 g/mol. The standard InChI is InChI=1S/C12H11BrFNO4/c13-6-1-2-8(9(14)3-6)11(17)15-5-7(16)4-10(15)12(18)19/h1-3,7,10,16H,4-5H2,(H,18,19). The molecule has 102 valence electrons. The number of carboxylic acids is 1. The van der Waals surface area contributed by atoms with E-state index >= 15 is 0 Å². The first-order valence-corrected chi connectivity index (χ1v) is 6.36. The van der Waals surface area contributed by atoms with E-state index in [0.29, 0.717) is 4.47 Å². The molecule has 0 aliphatic carbocycles. The van der Waals surface area contributed by atoms with E-state index in [1.807, 2.05) is 0 Å². The number of nitrogens with zero attached hydrogens (tertiary/aromatic N) is 1. The topological polar surface area (TPSA) is 77.8 Å². The predicted octanol–water partition coefficient (Wildman–Crippen LogP) is 1.25.